The number of benzene rings is 2. The van der Waals surface area contributed by atoms with E-state index in [2.05, 4.69) is 53.3 Å². The topological polar surface area (TPSA) is 69.0 Å². The van der Waals surface area contributed by atoms with Crippen LogP contribution in [0.3, 0.4) is 0 Å². The second-order valence-corrected chi connectivity index (χ2v) is 9.58. The lowest BCUT2D eigenvalue weighted by molar-refractivity contribution is -0.139. The van der Waals surface area contributed by atoms with E-state index in [4.69, 9.17) is 14.8 Å². The first kappa shape index (κ1) is 22.6. The van der Waals surface area contributed by atoms with Crippen molar-refractivity contribution in [2.75, 3.05) is 11.9 Å². The van der Waals surface area contributed by atoms with Crippen LogP contribution in [0, 0.1) is 13.8 Å². The van der Waals surface area contributed by atoms with E-state index < -0.39 is 6.04 Å². The molecule has 1 aliphatic heterocycles. The van der Waals surface area contributed by atoms with Crippen LogP contribution < -0.4 is 5.32 Å². The van der Waals surface area contributed by atoms with Gasteiger partial charge in [0.05, 0.1) is 12.2 Å². The van der Waals surface area contributed by atoms with Crippen molar-refractivity contribution < 1.29 is 9.53 Å². The number of allylic oxidation sites excluding steroid dienone is 1. The normalized spacial score (nSPS) is 15.3. The minimum absolute atomic E-state index is 0.309. The zero-order chi connectivity index (χ0) is 22.8. The van der Waals surface area contributed by atoms with E-state index in [0.717, 1.165) is 21.5 Å². The first-order valence-electron chi connectivity index (χ1n) is 10.4. The van der Waals surface area contributed by atoms with Gasteiger partial charge in [-0.1, -0.05) is 63.6 Å². The maximum absolute atomic E-state index is 12.9. The lowest BCUT2D eigenvalue weighted by Crippen LogP contribution is -2.29. The monoisotopic (exact) mass is 512 g/mol. The van der Waals surface area contributed by atoms with Crippen molar-refractivity contribution in [3.8, 4) is 0 Å². The van der Waals surface area contributed by atoms with Crippen LogP contribution in [0.2, 0.25) is 0 Å². The molecule has 0 amide bonds. The van der Waals surface area contributed by atoms with Crippen LogP contribution in [0.15, 0.2) is 63.4 Å². The summed E-state index contributed by atoms with van der Waals surface area (Å²) in [6, 6.07) is 13.9. The third kappa shape index (κ3) is 4.61. The molecule has 0 fully saturated rings. The number of hydrogen-bond acceptors (Lipinski definition) is 6. The van der Waals surface area contributed by atoms with Crippen molar-refractivity contribution in [1.29, 1.82) is 0 Å². The molecule has 2 heterocycles. The molecule has 6 nitrogen and oxygen atoms in total. The van der Waals surface area contributed by atoms with Gasteiger partial charge in [0.1, 0.15) is 6.04 Å². The number of fused-ring (bicyclic) bond motifs is 1. The Labute approximate surface area is 200 Å². The summed E-state index contributed by atoms with van der Waals surface area (Å²) in [5.41, 5.74) is 5.97. The van der Waals surface area contributed by atoms with E-state index in [-0.39, 0.29) is 5.97 Å². The summed E-state index contributed by atoms with van der Waals surface area (Å²) in [5.74, 6) is 1.04. The van der Waals surface area contributed by atoms with Gasteiger partial charge in [-0.3, -0.25) is 0 Å². The molecule has 0 aliphatic carbocycles. The minimum atomic E-state index is -0.415. The van der Waals surface area contributed by atoms with Gasteiger partial charge in [0.2, 0.25) is 11.1 Å². The summed E-state index contributed by atoms with van der Waals surface area (Å²) >= 11 is 5.07. The van der Waals surface area contributed by atoms with Crippen LogP contribution in [0.25, 0.3) is 0 Å². The van der Waals surface area contributed by atoms with E-state index in [9.17, 15) is 4.79 Å². The van der Waals surface area contributed by atoms with Crippen molar-refractivity contribution >= 4 is 39.6 Å². The van der Waals surface area contributed by atoms with Gasteiger partial charge in [0.25, 0.3) is 0 Å². The largest absolute Gasteiger partial charge is 0.463 e. The van der Waals surface area contributed by atoms with Gasteiger partial charge in [-0.2, -0.15) is 4.98 Å². The third-order valence-electron chi connectivity index (χ3n) is 5.37. The predicted octanol–water partition coefficient (Wildman–Crippen LogP) is 5.80. The summed E-state index contributed by atoms with van der Waals surface area (Å²) in [6.07, 6.45) is 0. The van der Waals surface area contributed by atoms with Gasteiger partial charge < -0.3 is 10.1 Å². The average Bonchev–Trinajstić information content (AvgIpc) is 3.15. The molecule has 1 atom stereocenters. The molecule has 2 aromatic carbocycles. The molecule has 32 heavy (non-hydrogen) atoms. The zero-order valence-electron chi connectivity index (χ0n) is 18.5. The van der Waals surface area contributed by atoms with Gasteiger partial charge >= 0.3 is 5.97 Å². The van der Waals surface area contributed by atoms with Crippen LogP contribution in [-0.4, -0.2) is 27.3 Å². The number of nitrogens with one attached hydrogen (secondary N) is 1. The fourth-order valence-corrected chi connectivity index (χ4v) is 4.94. The van der Waals surface area contributed by atoms with Gasteiger partial charge in [0, 0.05) is 15.9 Å². The minimum Gasteiger partial charge on any atom is -0.463 e. The highest BCUT2D eigenvalue weighted by atomic mass is 79.9. The Bertz CT molecular complexity index is 1190. The number of nitrogens with zero attached hydrogens (tertiary/aromatic N) is 3. The Morgan fingerprint density at radius 2 is 1.94 bits per heavy atom. The van der Waals surface area contributed by atoms with Gasteiger partial charge in [0.15, 0.2) is 0 Å². The standard InChI is InChI=1S/C24H25BrN4O2S/c1-5-31-22(30)20-16(4)26-23-27-24(32-13-18-7-6-14(2)12-15(18)3)28-29(23)21(20)17-8-10-19(25)11-9-17/h6-12,21H,5,13H2,1-4H3,(H,26,27,28)/t21-/m1/s1. The van der Waals surface area contributed by atoms with Crippen LogP contribution in [0.5, 0.6) is 0 Å². The fraction of sp³-hybridized carbons (Fsp3) is 0.292. The number of anilines is 1. The number of thioether (sulfide) groups is 1. The highest BCUT2D eigenvalue weighted by molar-refractivity contribution is 9.10. The quantitative estimate of drug-likeness (QED) is 0.332. The molecule has 1 aromatic heterocycles. The van der Waals surface area contributed by atoms with Crippen LogP contribution >= 0.6 is 27.7 Å². The summed E-state index contributed by atoms with van der Waals surface area (Å²) in [7, 11) is 0. The molecule has 1 aliphatic rings. The fourth-order valence-electron chi connectivity index (χ4n) is 3.77. The molecular weight excluding hydrogens is 488 g/mol. The number of ether oxygens (including phenoxy) is 1. The SMILES string of the molecule is CCOC(=O)C1=C(C)Nc2nc(SCc3ccc(C)cc3C)nn2[C@@H]1c1ccc(Br)cc1. The molecule has 4 rings (SSSR count). The van der Waals surface area contributed by atoms with E-state index >= 15 is 0 Å². The Morgan fingerprint density at radius 1 is 1.19 bits per heavy atom. The first-order chi connectivity index (χ1) is 15.4. The molecule has 0 spiro atoms. The second kappa shape index (κ2) is 9.50. The first-order valence-corrected chi connectivity index (χ1v) is 12.2. The lowest BCUT2D eigenvalue weighted by Gasteiger charge is -2.28. The number of aryl methyl sites for hydroxylation is 2. The van der Waals surface area contributed by atoms with Crippen molar-refractivity contribution in [3.63, 3.8) is 0 Å². The average molecular weight is 513 g/mol. The molecule has 1 N–H and O–H groups in total. The molecular formula is C24H25BrN4O2S. The van der Waals surface area contributed by atoms with Gasteiger partial charge in [-0.25, -0.2) is 9.48 Å². The summed E-state index contributed by atoms with van der Waals surface area (Å²) in [5, 5.41) is 8.68. The maximum atomic E-state index is 12.9. The Morgan fingerprint density at radius 3 is 2.62 bits per heavy atom. The number of rotatable bonds is 6. The number of hydrogen-bond donors (Lipinski definition) is 1. The lowest BCUT2D eigenvalue weighted by atomic mass is 9.96. The number of carbonyl (C=O) groups is 1. The Kier molecular flexibility index (Phi) is 6.71. The van der Waals surface area contributed by atoms with E-state index in [1.54, 1.807) is 23.4 Å². The molecule has 3 aromatic rings. The highest BCUT2D eigenvalue weighted by Gasteiger charge is 2.35. The zero-order valence-corrected chi connectivity index (χ0v) is 20.9. The van der Waals surface area contributed by atoms with Gasteiger partial charge in [-0.15, -0.1) is 5.10 Å². The number of carbonyl (C=O) groups excluding carboxylic acids is 1. The second-order valence-electron chi connectivity index (χ2n) is 7.72. The smallest absolute Gasteiger partial charge is 0.338 e. The molecule has 0 saturated heterocycles. The van der Waals surface area contributed by atoms with Gasteiger partial charge in [-0.05, 0) is 56.5 Å². The number of aromatic nitrogens is 3. The van der Waals surface area contributed by atoms with Crippen molar-refractivity contribution in [3.05, 3.63) is 80.5 Å². The van der Waals surface area contributed by atoms with Crippen LogP contribution in [0.1, 0.15) is 42.1 Å². The van der Waals surface area contributed by atoms with Crippen LogP contribution in [0.4, 0.5) is 5.95 Å². The van der Waals surface area contributed by atoms with Crippen molar-refractivity contribution in [2.45, 2.75) is 44.6 Å². The van der Waals surface area contributed by atoms with Crippen LogP contribution in [-0.2, 0) is 15.3 Å². The molecule has 0 saturated carbocycles. The molecule has 0 unspecified atom stereocenters. The Hall–Kier alpha value is -2.58. The molecule has 166 valence electrons. The summed E-state index contributed by atoms with van der Waals surface area (Å²) in [6.45, 7) is 8.21. The molecule has 8 heteroatoms. The molecule has 0 radical (unpaired) electrons. The summed E-state index contributed by atoms with van der Waals surface area (Å²) < 4.78 is 8.12. The van der Waals surface area contributed by atoms with Crippen molar-refractivity contribution in [2.24, 2.45) is 0 Å². The third-order valence-corrected chi connectivity index (χ3v) is 6.78. The van der Waals surface area contributed by atoms with Crippen molar-refractivity contribution in [1.82, 2.24) is 14.8 Å². The summed E-state index contributed by atoms with van der Waals surface area (Å²) in [4.78, 5) is 17.6. The number of esters is 1. The van der Waals surface area contributed by atoms with E-state index in [1.165, 1.54) is 16.7 Å². The van der Waals surface area contributed by atoms with E-state index in [0.29, 0.717) is 23.3 Å². The number of halogens is 1. The molecule has 0 bridgehead atoms. The highest BCUT2D eigenvalue weighted by Crippen LogP contribution is 2.37. The predicted molar refractivity (Wildman–Crippen MR) is 131 cm³/mol. The Balaban J connectivity index is 1.68. The van der Waals surface area contributed by atoms with E-state index in [1.807, 2.05) is 31.2 Å². The maximum Gasteiger partial charge on any atom is 0.338 e.